The van der Waals surface area contributed by atoms with E-state index < -0.39 is 0 Å². The zero-order valence-corrected chi connectivity index (χ0v) is 15.0. The van der Waals surface area contributed by atoms with Gasteiger partial charge in [-0.1, -0.05) is 35.9 Å². The predicted molar refractivity (Wildman–Crippen MR) is 97.6 cm³/mol. The zero-order valence-electron chi connectivity index (χ0n) is 15.0. The number of likely N-dealkylation sites (N-methyl/N-ethyl adjacent to an activating group) is 1. The maximum Gasteiger partial charge on any atom is 0.279 e. The van der Waals surface area contributed by atoms with E-state index in [-0.39, 0.29) is 5.91 Å². The highest BCUT2D eigenvalue weighted by Crippen LogP contribution is 2.23. The number of hydrogen-bond acceptors (Lipinski definition) is 2. The van der Waals surface area contributed by atoms with Crippen LogP contribution in [0.1, 0.15) is 23.6 Å². The number of amides is 1. The van der Waals surface area contributed by atoms with Crippen molar-refractivity contribution in [1.29, 1.82) is 0 Å². The Kier molecular flexibility index (Phi) is 6.38. The van der Waals surface area contributed by atoms with Crippen LogP contribution in [-0.2, 0) is 11.3 Å². The molecule has 24 heavy (non-hydrogen) atoms. The summed E-state index contributed by atoms with van der Waals surface area (Å²) in [5.74, 6) is 0.699. The molecule has 4 heteroatoms. The molecule has 2 N–H and O–H groups in total. The molecule has 2 aromatic rings. The minimum Gasteiger partial charge on any atom is -0.492 e. The SMILES string of the molecule is CCOc1ccccc1NC(=O)C[NH+](C)Cc1ccc(C)cc1C. The molecule has 0 aliphatic heterocycles. The summed E-state index contributed by atoms with van der Waals surface area (Å²) in [5, 5.41) is 2.95. The van der Waals surface area contributed by atoms with E-state index in [0.717, 1.165) is 17.1 Å². The van der Waals surface area contributed by atoms with Gasteiger partial charge in [0.1, 0.15) is 12.3 Å². The van der Waals surface area contributed by atoms with E-state index in [9.17, 15) is 4.79 Å². The van der Waals surface area contributed by atoms with Gasteiger partial charge in [0, 0.05) is 5.56 Å². The second kappa shape index (κ2) is 8.50. The second-order valence-corrected chi connectivity index (χ2v) is 6.22. The number of rotatable bonds is 7. The molecule has 0 bridgehead atoms. The Bertz CT molecular complexity index is 698. The fourth-order valence-corrected chi connectivity index (χ4v) is 2.75. The van der Waals surface area contributed by atoms with Crippen LogP contribution in [0.2, 0.25) is 0 Å². The van der Waals surface area contributed by atoms with Crippen LogP contribution in [0.25, 0.3) is 0 Å². The summed E-state index contributed by atoms with van der Waals surface area (Å²) in [6.45, 7) is 7.95. The molecule has 1 unspecified atom stereocenters. The first-order valence-electron chi connectivity index (χ1n) is 8.38. The fourth-order valence-electron chi connectivity index (χ4n) is 2.75. The van der Waals surface area contributed by atoms with Crippen molar-refractivity contribution in [3.63, 3.8) is 0 Å². The van der Waals surface area contributed by atoms with Crippen molar-refractivity contribution >= 4 is 11.6 Å². The van der Waals surface area contributed by atoms with Gasteiger partial charge >= 0.3 is 0 Å². The van der Waals surface area contributed by atoms with Gasteiger partial charge in [0.2, 0.25) is 0 Å². The Morgan fingerprint density at radius 2 is 1.92 bits per heavy atom. The second-order valence-electron chi connectivity index (χ2n) is 6.22. The molecular weight excluding hydrogens is 300 g/mol. The minimum atomic E-state index is -0.00980. The maximum atomic E-state index is 12.3. The average molecular weight is 327 g/mol. The number of carbonyl (C=O) groups excluding carboxylic acids is 1. The lowest BCUT2D eigenvalue weighted by atomic mass is 10.1. The number of benzene rings is 2. The van der Waals surface area contributed by atoms with Gasteiger partial charge < -0.3 is 15.0 Å². The van der Waals surface area contributed by atoms with Crippen LogP contribution >= 0.6 is 0 Å². The number of hydrogen-bond donors (Lipinski definition) is 2. The molecule has 2 rings (SSSR count). The van der Waals surface area contributed by atoms with Gasteiger partial charge in [-0.2, -0.15) is 0 Å². The van der Waals surface area contributed by atoms with Crippen molar-refractivity contribution in [1.82, 2.24) is 0 Å². The largest absolute Gasteiger partial charge is 0.492 e. The molecule has 1 amide bonds. The van der Waals surface area contributed by atoms with Crippen LogP contribution in [0.15, 0.2) is 42.5 Å². The van der Waals surface area contributed by atoms with Crippen LogP contribution in [0.3, 0.4) is 0 Å². The topological polar surface area (TPSA) is 42.8 Å². The molecule has 0 aromatic heterocycles. The Labute approximate surface area is 144 Å². The fraction of sp³-hybridized carbons (Fsp3) is 0.350. The summed E-state index contributed by atoms with van der Waals surface area (Å²) in [5.41, 5.74) is 4.54. The molecule has 0 radical (unpaired) electrons. The van der Waals surface area contributed by atoms with E-state index in [1.54, 1.807) is 0 Å². The van der Waals surface area contributed by atoms with Crippen LogP contribution in [0, 0.1) is 13.8 Å². The van der Waals surface area contributed by atoms with E-state index in [1.165, 1.54) is 16.7 Å². The lowest BCUT2D eigenvalue weighted by molar-refractivity contribution is -0.885. The van der Waals surface area contributed by atoms with Gasteiger partial charge in [0.25, 0.3) is 5.91 Å². The molecular formula is C20H27N2O2+. The summed E-state index contributed by atoms with van der Waals surface area (Å²) in [6, 6.07) is 14.0. The number of carbonyl (C=O) groups is 1. The first-order chi connectivity index (χ1) is 11.5. The van der Waals surface area contributed by atoms with E-state index in [1.807, 2.05) is 38.2 Å². The number of nitrogens with one attached hydrogen (secondary N) is 2. The Morgan fingerprint density at radius 3 is 2.62 bits per heavy atom. The van der Waals surface area contributed by atoms with Gasteiger partial charge in [0.15, 0.2) is 6.54 Å². The van der Waals surface area contributed by atoms with Crippen LogP contribution < -0.4 is 15.0 Å². The van der Waals surface area contributed by atoms with E-state index in [0.29, 0.717) is 18.9 Å². The third-order valence-electron chi connectivity index (χ3n) is 3.91. The van der Waals surface area contributed by atoms with Gasteiger partial charge in [-0.05, 0) is 38.5 Å². The quantitative estimate of drug-likeness (QED) is 0.820. The van der Waals surface area contributed by atoms with Crippen LogP contribution in [0.5, 0.6) is 5.75 Å². The Balaban J connectivity index is 1.94. The molecule has 4 nitrogen and oxygen atoms in total. The number of aryl methyl sites for hydroxylation is 2. The molecule has 2 aromatic carbocycles. The molecule has 1 atom stereocenters. The summed E-state index contributed by atoms with van der Waals surface area (Å²) in [4.78, 5) is 13.5. The molecule has 128 valence electrons. The third kappa shape index (κ3) is 5.10. The number of anilines is 1. The normalized spacial score (nSPS) is 11.8. The number of quaternary nitrogens is 1. The summed E-state index contributed by atoms with van der Waals surface area (Å²) in [7, 11) is 2.04. The first kappa shape index (κ1) is 18.0. The predicted octanol–water partition coefficient (Wildman–Crippen LogP) is 2.36. The standard InChI is InChI=1S/C20H26N2O2/c1-5-24-19-9-7-6-8-18(19)21-20(23)14-22(4)13-17-11-10-15(2)12-16(17)3/h6-12H,5,13-14H2,1-4H3,(H,21,23)/p+1. The smallest absolute Gasteiger partial charge is 0.279 e. The van der Waals surface area contributed by atoms with Crippen molar-refractivity contribution in [3.05, 3.63) is 59.2 Å². The van der Waals surface area contributed by atoms with Gasteiger partial charge in [-0.15, -0.1) is 0 Å². The number of para-hydroxylation sites is 2. The van der Waals surface area contributed by atoms with E-state index in [4.69, 9.17) is 4.74 Å². The molecule has 0 fully saturated rings. The lowest BCUT2D eigenvalue weighted by Crippen LogP contribution is -3.08. The van der Waals surface area contributed by atoms with Gasteiger partial charge in [-0.25, -0.2) is 0 Å². The first-order valence-corrected chi connectivity index (χ1v) is 8.38. The molecule has 0 aliphatic rings. The van der Waals surface area contributed by atoms with Gasteiger partial charge in [-0.3, -0.25) is 4.79 Å². The summed E-state index contributed by atoms with van der Waals surface area (Å²) >= 11 is 0. The minimum absolute atomic E-state index is 0.00980. The lowest BCUT2D eigenvalue weighted by Gasteiger charge is -2.16. The third-order valence-corrected chi connectivity index (χ3v) is 3.91. The van der Waals surface area contributed by atoms with Crippen molar-refractivity contribution in [3.8, 4) is 5.75 Å². The number of ether oxygens (including phenoxy) is 1. The van der Waals surface area contributed by atoms with E-state index in [2.05, 4.69) is 37.4 Å². The van der Waals surface area contributed by atoms with Crippen LogP contribution in [0.4, 0.5) is 5.69 Å². The Morgan fingerprint density at radius 1 is 1.17 bits per heavy atom. The average Bonchev–Trinajstić information content (AvgIpc) is 2.52. The maximum absolute atomic E-state index is 12.3. The van der Waals surface area contributed by atoms with Crippen molar-refractivity contribution < 1.29 is 14.4 Å². The summed E-state index contributed by atoms with van der Waals surface area (Å²) in [6.07, 6.45) is 0. The molecule has 0 spiro atoms. The molecule has 0 aliphatic carbocycles. The molecule has 0 saturated carbocycles. The summed E-state index contributed by atoms with van der Waals surface area (Å²) < 4.78 is 5.54. The van der Waals surface area contributed by atoms with Crippen molar-refractivity contribution in [2.75, 3.05) is 25.5 Å². The monoisotopic (exact) mass is 327 g/mol. The van der Waals surface area contributed by atoms with Crippen molar-refractivity contribution in [2.24, 2.45) is 0 Å². The highest BCUT2D eigenvalue weighted by atomic mass is 16.5. The highest BCUT2D eigenvalue weighted by Gasteiger charge is 2.13. The van der Waals surface area contributed by atoms with E-state index >= 15 is 0 Å². The Hall–Kier alpha value is -2.33. The zero-order chi connectivity index (χ0) is 17.5. The highest BCUT2D eigenvalue weighted by molar-refractivity contribution is 5.92. The van der Waals surface area contributed by atoms with Gasteiger partial charge in [0.05, 0.1) is 19.3 Å². The molecule has 0 saturated heterocycles. The van der Waals surface area contributed by atoms with Crippen molar-refractivity contribution in [2.45, 2.75) is 27.3 Å². The van der Waals surface area contributed by atoms with Crippen LogP contribution in [-0.4, -0.2) is 26.1 Å². The molecule has 0 heterocycles.